The van der Waals surface area contributed by atoms with E-state index >= 15 is 0 Å². The molecule has 1 unspecified atom stereocenters. The van der Waals surface area contributed by atoms with E-state index in [0.717, 1.165) is 12.8 Å². The molecule has 0 bridgehead atoms. The summed E-state index contributed by atoms with van der Waals surface area (Å²) in [5.74, 6) is 0.572. The quantitative estimate of drug-likeness (QED) is 0.919. The predicted molar refractivity (Wildman–Crippen MR) is 93.3 cm³/mol. The van der Waals surface area contributed by atoms with Crippen molar-refractivity contribution in [2.75, 3.05) is 7.05 Å². The van der Waals surface area contributed by atoms with Crippen molar-refractivity contribution in [2.45, 2.75) is 38.3 Å². The lowest BCUT2D eigenvalue weighted by Crippen LogP contribution is -3.11. The van der Waals surface area contributed by atoms with Crippen molar-refractivity contribution in [3.8, 4) is 0 Å². The van der Waals surface area contributed by atoms with Crippen LogP contribution in [0.3, 0.4) is 0 Å². The molecule has 0 aliphatic carbocycles. The molecule has 120 valence electrons. The number of likely N-dealkylation sites (tertiary alicyclic amines) is 1. The Labute approximate surface area is 139 Å². The molecule has 2 heteroatoms. The molecule has 2 aromatic rings. The highest BCUT2D eigenvalue weighted by molar-refractivity contribution is 5.83. The Balaban J connectivity index is 1.98. The van der Waals surface area contributed by atoms with Gasteiger partial charge in [-0.05, 0) is 6.42 Å². The molecule has 23 heavy (non-hydrogen) atoms. The zero-order valence-electron chi connectivity index (χ0n) is 14.0. The average molecular weight is 308 g/mol. The zero-order chi connectivity index (χ0) is 16.2. The van der Waals surface area contributed by atoms with Crippen LogP contribution < -0.4 is 4.90 Å². The van der Waals surface area contributed by atoms with Gasteiger partial charge >= 0.3 is 0 Å². The summed E-state index contributed by atoms with van der Waals surface area (Å²) >= 11 is 0. The van der Waals surface area contributed by atoms with Crippen LogP contribution in [0.25, 0.3) is 0 Å². The molecule has 0 aromatic heterocycles. The molecule has 1 N–H and O–H groups in total. The SMILES string of the molecule is CCC[C@H]1C(=O)C[C@@H](c2ccccc2)[NH+](C)[C@@H]1c1ccccc1. The van der Waals surface area contributed by atoms with E-state index in [1.165, 1.54) is 16.0 Å². The maximum Gasteiger partial charge on any atom is 0.148 e. The lowest BCUT2D eigenvalue weighted by Gasteiger charge is -2.41. The summed E-state index contributed by atoms with van der Waals surface area (Å²) in [7, 11) is 2.25. The number of piperidine rings is 1. The lowest BCUT2D eigenvalue weighted by atomic mass is 9.77. The van der Waals surface area contributed by atoms with Crippen LogP contribution in [0.1, 0.15) is 49.4 Å². The second-order valence-electron chi connectivity index (χ2n) is 6.66. The van der Waals surface area contributed by atoms with Crippen molar-refractivity contribution in [3.63, 3.8) is 0 Å². The molecule has 2 aromatic carbocycles. The first kappa shape index (κ1) is 15.9. The summed E-state index contributed by atoms with van der Waals surface area (Å²) < 4.78 is 0. The Morgan fingerprint density at radius 2 is 1.52 bits per heavy atom. The number of Topliss-reactive ketones (excluding diaryl/α,β-unsaturated/α-hetero) is 1. The Morgan fingerprint density at radius 3 is 2.09 bits per heavy atom. The first-order valence-corrected chi connectivity index (χ1v) is 8.68. The number of benzene rings is 2. The molecule has 3 rings (SSSR count). The van der Waals surface area contributed by atoms with Gasteiger partial charge in [0.25, 0.3) is 0 Å². The number of carbonyl (C=O) groups is 1. The van der Waals surface area contributed by atoms with Gasteiger partial charge in [0.2, 0.25) is 0 Å². The summed E-state index contributed by atoms with van der Waals surface area (Å²) in [6.07, 6.45) is 2.70. The molecule has 2 nitrogen and oxygen atoms in total. The highest BCUT2D eigenvalue weighted by Gasteiger charge is 2.44. The first-order chi connectivity index (χ1) is 11.2. The van der Waals surface area contributed by atoms with E-state index in [9.17, 15) is 4.79 Å². The predicted octanol–water partition coefficient (Wildman–Crippen LogP) is 3.37. The van der Waals surface area contributed by atoms with Gasteiger partial charge in [-0.3, -0.25) is 4.79 Å². The molecule has 0 amide bonds. The Kier molecular flexibility index (Phi) is 4.92. The van der Waals surface area contributed by atoms with Crippen molar-refractivity contribution in [1.29, 1.82) is 0 Å². The molecule has 1 heterocycles. The van der Waals surface area contributed by atoms with Crippen LogP contribution in [0.4, 0.5) is 0 Å². The molecule has 0 radical (unpaired) electrons. The van der Waals surface area contributed by atoms with Crippen LogP contribution in [0.5, 0.6) is 0 Å². The van der Waals surface area contributed by atoms with Crippen molar-refractivity contribution < 1.29 is 9.69 Å². The topological polar surface area (TPSA) is 21.5 Å². The van der Waals surface area contributed by atoms with E-state index in [-0.39, 0.29) is 18.0 Å². The van der Waals surface area contributed by atoms with E-state index < -0.39 is 0 Å². The number of carbonyl (C=O) groups excluding carboxylic acids is 1. The largest absolute Gasteiger partial charge is 0.324 e. The summed E-state index contributed by atoms with van der Waals surface area (Å²) in [5.41, 5.74) is 2.56. The van der Waals surface area contributed by atoms with Crippen LogP contribution in [0.15, 0.2) is 60.7 Å². The van der Waals surface area contributed by atoms with Gasteiger partial charge in [-0.25, -0.2) is 0 Å². The smallest absolute Gasteiger partial charge is 0.148 e. The molecule has 1 fully saturated rings. The third kappa shape index (κ3) is 3.23. The third-order valence-electron chi connectivity index (χ3n) is 5.22. The van der Waals surface area contributed by atoms with Crippen molar-refractivity contribution in [3.05, 3.63) is 71.8 Å². The van der Waals surface area contributed by atoms with Crippen LogP contribution in [-0.2, 0) is 4.79 Å². The van der Waals surface area contributed by atoms with E-state index in [1.54, 1.807) is 0 Å². The van der Waals surface area contributed by atoms with Gasteiger partial charge in [0.1, 0.15) is 17.9 Å². The molecule has 1 aliphatic heterocycles. The molecular formula is C21H26NO+. The Hall–Kier alpha value is -1.93. The summed E-state index contributed by atoms with van der Waals surface area (Å²) in [4.78, 5) is 14.3. The minimum atomic E-state index is 0.141. The van der Waals surface area contributed by atoms with Crippen molar-refractivity contribution in [1.82, 2.24) is 0 Å². The van der Waals surface area contributed by atoms with Crippen molar-refractivity contribution in [2.24, 2.45) is 5.92 Å². The molecule has 0 saturated carbocycles. The van der Waals surface area contributed by atoms with Gasteiger partial charge in [0, 0.05) is 11.1 Å². The Bertz CT molecular complexity index is 637. The number of rotatable bonds is 4. The van der Waals surface area contributed by atoms with Crippen LogP contribution in [-0.4, -0.2) is 12.8 Å². The van der Waals surface area contributed by atoms with Crippen LogP contribution in [0.2, 0.25) is 0 Å². The van der Waals surface area contributed by atoms with Gasteiger partial charge in [-0.2, -0.15) is 0 Å². The van der Waals surface area contributed by atoms with Gasteiger partial charge in [-0.1, -0.05) is 74.0 Å². The second kappa shape index (κ2) is 7.10. The van der Waals surface area contributed by atoms with Crippen molar-refractivity contribution >= 4 is 5.78 Å². The first-order valence-electron chi connectivity index (χ1n) is 8.68. The number of hydrogen-bond acceptors (Lipinski definition) is 1. The normalized spacial score (nSPS) is 27.8. The maximum atomic E-state index is 12.9. The number of ketones is 1. The van der Waals surface area contributed by atoms with Gasteiger partial charge in [-0.15, -0.1) is 0 Å². The zero-order valence-corrected chi connectivity index (χ0v) is 14.0. The number of hydrogen-bond donors (Lipinski definition) is 1. The molecule has 1 saturated heterocycles. The summed E-state index contributed by atoms with van der Waals surface area (Å²) in [5, 5.41) is 0. The van der Waals surface area contributed by atoms with Gasteiger partial charge < -0.3 is 4.90 Å². The standard InChI is InChI=1S/C21H25NO/c1-3-10-18-20(23)15-19(16-11-6-4-7-12-16)22(2)21(18)17-13-8-5-9-14-17/h4-9,11-14,18-19,21H,3,10,15H2,1-2H3/p+1/t18-,19-,21+/m0/s1. The van der Waals surface area contributed by atoms with Gasteiger partial charge in [0.15, 0.2) is 0 Å². The number of quaternary nitrogens is 1. The molecule has 4 atom stereocenters. The molecule has 1 aliphatic rings. The fourth-order valence-corrected chi connectivity index (χ4v) is 4.09. The van der Waals surface area contributed by atoms with Crippen LogP contribution >= 0.6 is 0 Å². The highest BCUT2D eigenvalue weighted by Crippen LogP contribution is 2.33. The minimum absolute atomic E-state index is 0.141. The van der Waals surface area contributed by atoms with Crippen LogP contribution in [0, 0.1) is 5.92 Å². The summed E-state index contributed by atoms with van der Waals surface area (Å²) in [6, 6.07) is 21.6. The van der Waals surface area contributed by atoms with Gasteiger partial charge in [0.05, 0.1) is 19.4 Å². The summed E-state index contributed by atoms with van der Waals surface area (Å²) in [6.45, 7) is 2.17. The van der Waals surface area contributed by atoms with E-state index in [2.05, 4.69) is 62.5 Å². The Morgan fingerprint density at radius 1 is 0.957 bits per heavy atom. The monoisotopic (exact) mass is 308 g/mol. The molecular weight excluding hydrogens is 282 g/mol. The molecule has 0 spiro atoms. The average Bonchev–Trinajstić information content (AvgIpc) is 2.60. The van der Waals surface area contributed by atoms with E-state index in [1.807, 2.05) is 12.1 Å². The fraction of sp³-hybridized carbons (Fsp3) is 0.381. The fourth-order valence-electron chi connectivity index (χ4n) is 4.09. The lowest BCUT2D eigenvalue weighted by molar-refractivity contribution is -0.949. The number of nitrogens with one attached hydrogen (secondary N) is 1. The second-order valence-corrected chi connectivity index (χ2v) is 6.66. The highest BCUT2D eigenvalue weighted by atomic mass is 16.1. The van der Waals surface area contributed by atoms with E-state index in [0.29, 0.717) is 12.2 Å². The maximum absolute atomic E-state index is 12.9. The third-order valence-corrected chi connectivity index (χ3v) is 5.22. The minimum Gasteiger partial charge on any atom is -0.324 e. The van der Waals surface area contributed by atoms with E-state index in [4.69, 9.17) is 0 Å².